The normalized spacial score (nSPS) is 14.0. The van der Waals surface area contributed by atoms with Crippen LogP contribution in [0.4, 0.5) is 17.6 Å². The van der Waals surface area contributed by atoms with Crippen LogP contribution >= 0.6 is 23.2 Å². The van der Waals surface area contributed by atoms with Gasteiger partial charge in [-0.15, -0.1) is 0 Å². The molecule has 0 amide bonds. The Morgan fingerprint density at radius 3 is 2.56 bits per heavy atom. The molecular weight excluding hydrogens is 361 g/mol. The van der Waals surface area contributed by atoms with Crippen LogP contribution in [0, 0.1) is 11.3 Å². The first-order valence-electron chi connectivity index (χ1n) is 7.66. The van der Waals surface area contributed by atoms with Crippen molar-refractivity contribution < 1.29 is 0 Å². The number of nitriles is 1. The number of hydrogen-bond acceptors (Lipinski definition) is 7. The monoisotopic (exact) mass is 375 g/mol. The molecule has 0 aliphatic carbocycles. The van der Waals surface area contributed by atoms with E-state index in [1.165, 1.54) is 6.21 Å². The first-order chi connectivity index (χ1) is 12.1. The maximum absolute atomic E-state index is 9.52. The molecule has 3 N–H and O–H groups in total. The van der Waals surface area contributed by atoms with Gasteiger partial charge in [-0.05, 0) is 25.0 Å². The van der Waals surface area contributed by atoms with E-state index in [0.29, 0.717) is 27.0 Å². The Hall–Kier alpha value is -2.56. The van der Waals surface area contributed by atoms with E-state index in [1.807, 2.05) is 4.90 Å². The predicted molar refractivity (Wildman–Crippen MR) is 100 cm³/mol. The summed E-state index contributed by atoms with van der Waals surface area (Å²) in [7, 11) is 0. The molecule has 2 heterocycles. The highest BCUT2D eigenvalue weighted by atomic mass is 35.5. The zero-order chi connectivity index (χ0) is 17.8. The molecule has 1 aromatic carbocycles. The molecule has 0 spiro atoms. The van der Waals surface area contributed by atoms with E-state index in [2.05, 4.69) is 26.6 Å². The second kappa shape index (κ2) is 7.55. The average Bonchev–Trinajstić information content (AvgIpc) is 3.11. The first-order valence-corrected chi connectivity index (χ1v) is 8.41. The second-order valence-corrected chi connectivity index (χ2v) is 6.25. The molecule has 9 heteroatoms. The topological polar surface area (TPSA) is 103 Å². The Kier molecular flexibility index (Phi) is 5.22. The van der Waals surface area contributed by atoms with Crippen LogP contribution in [0.3, 0.4) is 0 Å². The highest BCUT2D eigenvalue weighted by Crippen LogP contribution is 2.27. The highest BCUT2D eigenvalue weighted by molar-refractivity contribution is 6.38. The SMILES string of the molecule is N#Cc1c(N/N=C/c2c(Cl)cccc2Cl)nc(N)nc1N1CCCC1. The molecule has 1 aromatic heterocycles. The van der Waals surface area contributed by atoms with E-state index in [-0.39, 0.29) is 11.8 Å². The Labute approximate surface area is 155 Å². The van der Waals surface area contributed by atoms with Crippen molar-refractivity contribution in [3.05, 3.63) is 39.4 Å². The van der Waals surface area contributed by atoms with E-state index in [4.69, 9.17) is 28.9 Å². The van der Waals surface area contributed by atoms with Crippen molar-refractivity contribution in [2.24, 2.45) is 5.10 Å². The van der Waals surface area contributed by atoms with Gasteiger partial charge in [-0.1, -0.05) is 29.3 Å². The number of nitrogen functional groups attached to an aromatic ring is 1. The molecule has 25 heavy (non-hydrogen) atoms. The summed E-state index contributed by atoms with van der Waals surface area (Å²) in [5.74, 6) is 0.853. The van der Waals surface area contributed by atoms with E-state index < -0.39 is 0 Å². The fraction of sp³-hybridized carbons (Fsp3) is 0.250. The van der Waals surface area contributed by atoms with Crippen LogP contribution in [0.25, 0.3) is 0 Å². The van der Waals surface area contributed by atoms with Gasteiger partial charge in [-0.2, -0.15) is 20.3 Å². The second-order valence-electron chi connectivity index (χ2n) is 5.44. The lowest BCUT2D eigenvalue weighted by Crippen LogP contribution is -2.22. The molecule has 0 bridgehead atoms. The minimum Gasteiger partial charge on any atom is -0.368 e. The van der Waals surface area contributed by atoms with Crippen LogP contribution in [-0.4, -0.2) is 29.3 Å². The lowest BCUT2D eigenvalue weighted by atomic mass is 10.2. The van der Waals surface area contributed by atoms with E-state index in [9.17, 15) is 5.26 Å². The summed E-state index contributed by atoms with van der Waals surface area (Å²) < 4.78 is 0. The molecule has 1 saturated heterocycles. The van der Waals surface area contributed by atoms with Crippen molar-refractivity contribution in [2.75, 3.05) is 29.1 Å². The summed E-state index contributed by atoms with van der Waals surface area (Å²) >= 11 is 12.2. The summed E-state index contributed by atoms with van der Waals surface area (Å²) in [4.78, 5) is 10.3. The molecule has 1 aliphatic heterocycles. The minimum atomic E-state index is 0.0781. The van der Waals surface area contributed by atoms with Gasteiger partial charge in [0.05, 0.1) is 16.3 Å². The van der Waals surface area contributed by atoms with Crippen molar-refractivity contribution in [1.29, 1.82) is 5.26 Å². The van der Waals surface area contributed by atoms with Gasteiger partial charge in [0.15, 0.2) is 11.6 Å². The molecule has 3 rings (SSSR count). The minimum absolute atomic E-state index is 0.0781. The Bertz CT molecular complexity index is 834. The number of hydrogen-bond donors (Lipinski definition) is 2. The first kappa shape index (κ1) is 17.3. The number of aromatic nitrogens is 2. The predicted octanol–water partition coefficient (Wildman–Crippen LogP) is 3.28. The van der Waals surface area contributed by atoms with Gasteiger partial charge in [0.1, 0.15) is 11.6 Å². The van der Waals surface area contributed by atoms with Crippen molar-refractivity contribution in [3.63, 3.8) is 0 Å². The summed E-state index contributed by atoms with van der Waals surface area (Å²) in [5, 5.41) is 14.6. The van der Waals surface area contributed by atoms with Crippen LogP contribution in [-0.2, 0) is 0 Å². The number of benzene rings is 1. The molecule has 7 nitrogen and oxygen atoms in total. The third kappa shape index (κ3) is 3.76. The highest BCUT2D eigenvalue weighted by Gasteiger charge is 2.21. The Balaban J connectivity index is 1.90. The molecule has 0 atom stereocenters. The van der Waals surface area contributed by atoms with Crippen LogP contribution < -0.4 is 16.1 Å². The number of rotatable bonds is 4. The van der Waals surface area contributed by atoms with Crippen molar-refractivity contribution in [1.82, 2.24) is 9.97 Å². The molecule has 0 radical (unpaired) electrons. The number of halogens is 2. The molecule has 128 valence electrons. The Morgan fingerprint density at radius 2 is 1.92 bits per heavy atom. The van der Waals surface area contributed by atoms with Gasteiger partial charge in [0.25, 0.3) is 0 Å². The van der Waals surface area contributed by atoms with Crippen molar-refractivity contribution in [2.45, 2.75) is 12.8 Å². The molecule has 0 unspecified atom stereocenters. The quantitative estimate of drug-likeness (QED) is 0.627. The smallest absolute Gasteiger partial charge is 0.224 e. The number of nitrogens with one attached hydrogen (secondary N) is 1. The van der Waals surface area contributed by atoms with Crippen molar-refractivity contribution in [3.8, 4) is 6.07 Å². The molecule has 2 aromatic rings. The van der Waals surface area contributed by atoms with Gasteiger partial charge >= 0.3 is 0 Å². The lowest BCUT2D eigenvalue weighted by molar-refractivity contribution is 0.926. The summed E-state index contributed by atoms with van der Waals surface area (Å²) in [6, 6.07) is 7.30. The van der Waals surface area contributed by atoms with Gasteiger partial charge in [-0.3, -0.25) is 5.43 Å². The lowest BCUT2D eigenvalue weighted by Gasteiger charge is -2.18. The van der Waals surface area contributed by atoms with Gasteiger partial charge < -0.3 is 10.6 Å². The Morgan fingerprint density at radius 1 is 1.24 bits per heavy atom. The number of nitrogens with two attached hydrogens (primary N) is 1. The standard InChI is InChI=1S/C16H15Cl2N7/c17-12-4-3-5-13(18)11(12)9-21-24-14-10(8-19)15(23-16(20)22-14)25-6-1-2-7-25/h3-5,9H,1-2,6-7H2,(H3,20,22,23,24)/b21-9+. The fourth-order valence-corrected chi connectivity index (χ4v) is 3.09. The summed E-state index contributed by atoms with van der Waals surface area (Å²) in [6.07, 6.45) is 3.58. The van der Waals surface area contributed by atoms with Gasteiger partial charge in [-0.25, -0.2) is 0 Å². The number of anilines is 3. The van der Waals surface area contributed by atoms with Gasteiger partial charge in [0, 0.05) is 18.7 Å². The third-order valence-electron chi connectivity index (χ3n) is 3.79. The molecule has 1 aliphatic rings. The molecular formula is C16H15Cl2N7. The molecule has 0 saturated carbocycles. The van der Waals surface area contributed by atoms with Crippen LogP contribution in [0.5, 0.6) is 0 Å². The van der Waals surface area contributed by atoms with Crippen LogP contribution in [0.2, 0.25) is 10.0 Å². The largest absolute Gasteiger partial charge is 0.368 e. The average molecular weight is 376 g/mol. The fourth-order valence-electron chi connectivity index (χ4n) is 2.60. The summed E-state index contributed by atoms with van der Waals surface area (Å²) in [6.45, 7) is 1.67. The number of hydrazone groups is 1. The summed E-state index contributed by atoms with van der Waals surface area (Å²) in [5.41, 5.74) is 9.41. The third-order valence-corrected chi connectivity index (χ3v) is 4.45. The molecule has 1 fully saturated rings. The zero-order valence-corrected chi connectivity index (χ0v) is 14.7. The van der Waals surface area contributed by atoms with E-state index in [1.54, 1.807) is 18.2 Å². The zero-order valence-electron chi connectivity index (χ0n) is 13.2. The van der Waals surface area contributed by atoms with E-state index >= 15 is 0 Å². The maximum Gasteiger partial charge on any atom is 0.224 e. The maximum atomic E-state index is 9.52. The number of nitrogens with zero attached hydrogens (tertiary/aromatic N) is 5. The van der Waals surface area contributed by atoms with Crippen LogP contribution in [0.15, 0.2) is 23.3 Å². The van der Waals surface area contributed by atoms with E-state index in [0.717, 1.165) is 25.9 Å². The van der Waals surface area contributed by atoms with Gasteiger partial charge in [0.2, 0.25) is 5.95 Å². The van der Waals surface area contributed by atoms with Crippen LogP contribution in [0.1, 0.15) is 24.0 Å². The van der Waals surface area contributed by atoms with Crippen molar-refractivity contribution >= 4 is 47.0 Å².